The second-order valence-corrected chi connectivity index (χ2v) is 6.01. The zero-order chi connectivity index (χ0) is 19.4. The number of benzene rings is 1. The maximum atomic E-state index is 12.2. The maximum Gasteiger partial charge on any atom is 0.342 e. The molecule has 0 fully saturated rings. The van der Waals surface area contributed by atoms with Crippen molar-refractivity contribution >= 4 is 29.5 Å². The van der Waals surface area contributed by atoms with Gasteiger partial charge in [0.25, 0.3) is 5.91 Å². The number of hydrogen-bond acceptors (Lipinski definition) is 7. The Balaban J connectivity index is 1.59. The van der Waals surface area contributed by atoms with E-state index in [1.165, 1.54) is 0 Å². The first-order valence-corrected chi connectivity index (χ1v) is 8.31. The highest BCUT2D eigenvalue weighted by molar-refractivity contribution is 6.32. The highest BCUT2D eigenvalue weighted by Gasteiger charge is 2.19. The third kappa shape index (κ3) is 4.48. The fourth-order valence-electron chi connectivity index (χ4n) is 2.37. The largest absolute Gasteiger partial charge is 0.452 e. The lowest BCUT2D eigenvalue weighted by atomic mass is 10.1. The van der Waals surface area contributed by atoms with Gasteiger partial charge in [-0.25, -0.2) is 9.78 Å². The summed E-state index contributed by atoms with van der Waals surface area (Å²) in [5.41, 5.74) is 2.13. The number of aryl methyl sites for hydroxylation is 2. The van der Waals surface area contributed by atoms with Crippen molar-refractivity contribution in [3.05, 3.63) is 58.4 Å². The molecule has 2 heterocycles. The molecule has 0 atom stereocenters. The smallest absolute Gasteiger partial charge is 0.342 e. The van der Waals surface area contributed by atoms with E-state index in [9.17, 15) is 9.59 Å². The van der Waals surface area contributed by atoms with Crippen LogP contribution in [0.5, 0.6) is 0 Å². The fraction of sp³-hybridized carbons (Fsp3) is 0.167. The number of ether oxygens (including phenoxy) is 1. The number of pyridine rings is 1. The number of anilines is 1. The van der Waals surface area contributed by atoms with Crippen molar-refractivity contribution in [3.8, 4) is 11.5 Å². The quantitative estimate of drug-likeness (QED) is 0.530. The standard InChI is InChI=1S/C18H15ClN4O4/c1-10-8-11(2)20-15(19)14(10)17(25)26-9-13(24)21-18-23-22-16(27-18)12-6-4-3-5-7-12/h3-8H,9H2,1-2H3,(H,21,23,24). The maximum absolute atomic E-state index is 12.2. The second kappa shape index (κ2) is 7.96. The van der Waals surface area contributed by atoms with Crippen molar-refractivity contribution in [2.75, 3.05) is 11.9 Å². The van der Waals surface area contributed by atoms with Crippen molar-refractivity contribution in [3.63, 3.8) is 0 Å². The number of aromatic nitrogens is 3. The lowest BCUT2D eigenvalue weighted by Crippen LogP contribution is -2.21. The number of carbonyl (C=O) groups excluding carboxylic acids is 2. The van der Waals surface area contributed by atoms with E-state index in [4.69, 9.17) is 20.8 Å². The lowest BCUT2D eigenvalue weighted by molar-refractivity contribution is -0.119. The van der Waals surface area contributed by atoms with Crippen LogP contribution >= 0.6 is 11.6 Å². The second-order valence-electron chi connectivity index (χ2n) is 5.65. The summed E-state index contributed by atoms with van der Waals surface area (Å²) in [6.45, 7) is 2.93. The zero-order valence-electron chi connectivity index (χ0n) is 14.5. The minimum atomic E-state index is -0.740. The molecule has 0 saturated heterocycles. The molecule has 3 rings (SSSR count). The molecule has 1 aromatic carbocycles. The lowest BCUT2D eigenvalue weighted by Gasteiger charge is -2.08. The Bertz CT molecular complexity index is 965. The Labute approximate surface area is 159 Å². The minimum absolute atomic E-state index is 0.0299. The van der Waals surface area contributed by atoms with Gasteiger partial charge in [-0.1, -0.05) is 34.9 Å². The predicted octanol–water partition coefficient (Wildman–Crippen LogP) is 3.20. The Morgan fingerprint density at radius 3 is 2.63 bits per heavy atom. The van der Waals surface area contributed by atoms with Crippen LogP contribution in [0.1, 0.15) is 21.6 Å². The predicted molar refractivity (Wildman–Crippen MR) is 97.4 cm³/mol. The van der Waals surface area contributed by atoms with Gasteiger partial charge >= 0.3 is 12.0 Å². The van der Waals surface area contributed by atoms with Crippen LogP contribution in [0.15, 0.2) is 40.8 Å². The molecule has 1 amide bonds. The van der Waals surface area contributed by atoms with Crippen LogP contribution in [0.2, 0.25) is 5.15 Å². The van der Waals surface area contributed by atoms with Gasteiger partial charge in [0.1, 0.15) is 5.15 Å². The third-order valence-electron chi connectivity index (χ3n) is 3.53. The summed E-state index contributed by atoms with van der Waals surface area (Å²) in [6, 6.07) is 10.7. The Kier molecular flexibility index (Phi) is 5.46. The van der Waals surface area contributed by atoms with E-state index in [2.05, 4.69) is 20.5 Å². The molecule has 0 radical (unpaired) electrons. The number of nitrogens with zero attached hydrogens (tertiary/aromatic N) is 3. The molecule has 27 heavy (non-hydrogen) atoms. The molecule has 0 unspecified atom stereocenters. The molecule has 3 aromatic rings. The van der Waals surface area contributed by atoms with Crippen molar-refractivity contribution in [1.29, 1.82) is 0 Å². The molecule has 0 aliphatic rings. The first kappa shape index (κ1) is 18.5. The Morgan fingerprint density at radius 1 is 1.19 bits per heavy atom. The zero-order valence-corrected chi connectivity index (χ0v) is 15.3. The molecule has 138 valence electrons. The Morgan fingerprint density at radius 2 is 1.93 bits per heavy atom. The van der Waals surface area contributed by atoms with Gasteiger partial charge < -0.3 is 9.15 Å². The van der Waals surface area contributed by atoms with Crippen LogP contribution < -0.4 is 5.32 Å². The fourth-order valence-corrected chi connectivity index (χ4v) is 2.73. The summed E-state index contributed by atoms with van der Waals surface area (Å²) in [5, 5.41) is 9.99. The molecule has 0 saturated carbocycles. The molecule has 8 nitrogen and oxygen atoms in total. The summed E-state index contributed by atoms with van der Waals surface area (Å²) in [6.07, 6.45) is 0. The van der Waals surface area contributed by atoms with Crippen LogP contribution in [0, 0.1) is 13.8 Å². The van der Waals surface area contributed by atoms with E-state index in [1.54, 1.807) is 32.0 Å². The monoisotopic (exact) mass is 386 g/mol. The average Bonchev–Trinajstić information content (AvgIpc) is 3.08. The van der Waals surface area contributed by atoms with Crippen molar-refractivity contribution < 1.29 is 18.7 Å². The first-order chi connectivity index (χ1) is 12.9. The van der Waals surface area contributed by atoms with Gasteiger partial charge in [-0.05, 0) is 37.6 Å². The summed E-state index contributed by atoms with van der Waals surface area (Å²) in [7, 11) is 0. The van der Waals surface area contributed by atoms with Crippen molar-refractivity contribution in [2.24, 2.45) is 0 Å². The molecular weight excluding hydrogens is 372 g/mol. The summed E-state index contributed by atoms with van der Waals surface area (Å²) in [5.74, 6) is -1.10. The molecule has 0 spiro atoms. The van der Waals surface area contributed by atoms with Crippen molar-refractivity contribution in [1.82, 2.24) is 15.2 Å². The number of halogens is 1. The molecule has 0 aliphatic carbocycles. The van der Waals surface area contributed by atoms with Crippen LogP contribution in [0.25, 0.3) is 11.5 Å². The normalized spacial score (nSPS) is 10.5. The topological polar surface area (TPSA) is 107 Å². The molecule has 9 heteroatoms. The third-order valence-corrected chi connectivity index (χ3v) is 3.80. The number of amides is 1. The van der Waals surface area contributed by atoms with E-state index in [1.807, 2.05) is 18.2 Å². The number of rotatable bonds is 5. The molecule has 2 aromatic heterocycles. The van der Waals surface area contributed by atoms with Gasteiger partial charge in [-0.3, -0.25) is 10.1 Å². The summed E-state index contributed by atoms with van der Waals surface area (Å²) >= 11 is 5.99. The number of carbonyl (C=O) groups is 2. The SMILES string of the molecule is Cc1cc(C)c(C(=O)OCC(=O)Nc2nnc(-c3ccccc3)o2)c(Cl)n1. The summed E-state index contributed by atoms with van der Waals surface area (Å²) in [4.78, 5) is 28.1. The van der Waals surface area contributed by atoms with E-state index in [0.29, 0.717) is 16.8 Å². The van der Waals surface area contributed by atoms with Gasteiger partial charge in [0.05, 0.1) is 5.56 Å². The van der Waals surface area contributed by atoms with Crippen LogP contribution in [0.4, 0.5) is 6.01 Å². The van der Waals surface area contributed by atoms with Gasteiger partial charge in [-0.15, -0.1) is 5.10 Å². The molecule has 1 N–H and O–H groups in total. The number of nitrogens with one attached hydrogen (secondary N) is 1. The summed E-state index contributed by atoms with van der Waals surface area (Å²) < 4.78 is 10.3. The van der Waals surface area contributed by atoms with Gasteiger partial charge in [0.15, 0.2) is 6.61 Å². The minimum Gasteiger partial charge on any atom is -0.452 e. The first-order valence-electron chi connectivity index (χ1n) is 7.93. The van der Waals surface area contributed by atoms with Crippen LogP contribution in [0.3, 0.4) is 0 Å². The van der Waals surface area contributed by atoms with Crippen LogP contribution in [-0.4, -0.2) is 33.7 Å². The molecule has 0 aliphatic heterocycles. The highest BCUT2D eigenvalue weighted by atomic mass is 35.5. The van der Waals surface area contributed by atoms with E-state index < -0.39 is 18.5 Å². The van der Waals surface area contributed by atoms with Crippen LogP contribution in [-0.2, 0) is 9.53 Å². The average molecular weight is 387 g/mol. The Hall–Kier alpha value is -3.26. The highest BCUT2D eigenvalue weighted by Crippen LogP contribution is 2.20. The molecule has 0 bridgehead atoms. The number of esters is 1. The molecular formula is C18H15ClN4O4. The van der Waals surface area contributed by atoms with Gasteiger partial charge in [0, 0.05) is 11.3 Å². The van der Waals surface area contributed by atoms with Gasteiger partial charge in [0.2, 0.25) is 5.89 Å². The van der Waals surface area contributed by atoms with Gasteiger partial charge in [-0.2, -0.15) is 0 Å². The van der Waals surface area contributed by atoms with E-state index >= 15 is 0 Å². The van der Waals surface area contributed by atoms with E-state index in [0.717, 1.165) is 0 Å². The number of hydrogen-bond donors (Lipinski definition) is 1. The van der Waals surface area contributed by atoms with Crippen molar-refractivity contribution in [2.45, 2.75) is 13.8 Å². The van der Waals surface area contributed by atoms with E-state index in [-0.39, 0.29) is 22.6 Å².